The molecule has 2 aliphatic heterocycles. The van der Waals surface area contributed by atoms with Crippen LogP contribution >= 0.6 is 0 Å². The molecule has 2 aliphatic rings. The van der Waals surface area contributed by atoms with Crippen LogP contribution in [-0.2, 0) is 26.3 Å². The van der Waals surface area contributed by atoms with Gasteiger partial charge in [-0.1, -0.05) is 54.6 Å². The predicted molar refractivity (Wildman–Crippen MR) is 136 cm³/mol. The number of carbonyl (C=O) groups excluding carboxylic acids is 3. The van der Waals surface area contributed by atoms with E-state index in [1.54, 1.807) is 0 Å². The summed E-state index contributed by atoms with van der Waals surface area (Å²) in [5.74, 6) is -0.487. The van der Waals surface area contributed by atoms with Crippen LogP contribution in [0.1, 0.15) is 29.5 Å². The number of hydrogen-bond acceptors (Lipinski definition) is 5. The zero-order valence-electron chi connectivity index (χ0n) is 21.1. The number of imide groups is 1. The van der Waals surface area contributed by atoms with Crippen LogP contribution < -0.4 is 0 Å². The van der Waals surface area contributed by atoms with E-state index in [2.05, 4.69) is 17.0 Å². The summed E-state index contributed by atoms with van der Waals surface area (Å²) in [6, 6.07) is 18.0. The van der Waals surface area contributed by atoms with Crippen molar-refractivity contribution in [2.45, 2.75) is 31.7 Å². The molecular weight excluding hydrogens is 440 g/mol. The van der Waals surface area contributed by atoms with Gasteiger partial charge in [-0.05, 0) is 37.7 Å². The summed E-state index contributed by atoms with van der Waals surface area (Å²) >= 11 is 0. The highest BCUT2D eigenvalue weighted by Crippen LogP contribution is 2.41. The van der Waals surface area contributed by atoms with Gasteiger partial charge in [0.05, 0.1) is 5.41 Å². The van der Waals surface area contributed by atoms with Crippen LogP contribution in [0.5, 0.6) is 0 Å². The van der Waals surface area contributed by atoms with Gasteiger partial charge in [0, 0.05) is 58.7 Å². The molecule has 7 nitrogen and oxygen atoms in total. The first-order chi connectivity index (χ1) is 16.8. The molecule has 1 atom stereocenters. The van der Waals surface area contributed by atoms with Crippen molar-refractivity contribution in [3.63, 3.8) is 0 Å². The van der Waals surface area contributed by atoms with E-state index in [4.69, 9.17) is 0 Å². The number of carbonyl (C=O) groups is 3. The van der Waals surface area contributed by atoms with Crippen molar-refractivity contribution in [2.24, 2.45) is 0 Å². The van der Waals surface area contributed by atoms with Crippen molar-refractivity contribution in [1.82, 2.24) is 19.6 Å². The number of nitrogens with zero attached hydrogens (tertiary/aromatic N) is 4. The number of likely N-dealkylation sites (tertiary alicyclic amines) is 1. The SMILES string of the molecule is Cc1ccccc1[C@@]1(CC(=O)N2CCN(Cc3ccccc3)CC2)CC(=O)N(CCN(C)C)C1=O. The van der Waals surface area contributed by atoms with E-state index in [0.717, 1.165) is 30.8 Å². The van der Waals surface area contributed by atoms with Crippen LogP contribution in [0.25, 0.3) is 0 Å². The van der Waals surface area contributed by atoms with E-state index >= 15 is 0 Å². The molecule has 0 bridgehead atoms. The second-order valence-electron chi connectivity index (χ2n) is 10.0. The van der Waals surface area contributed by atoms with E-state index in [0.29, 0.717) is 26.2 Å². The lowest BCUT2D eigenvalue weighted by molar-refractivity contribution is -0.143. The quantitative estimate of drug-likeness (QED) is 0.547. The molecule has 0 saturated carbocycles. The number of aryl methyl sites for hydroxylation is 1. The van der Waals surface area contributed by atoms with E-state index in [-0.39, 0.29) is 30.6 Å². The Kier molecular flexibility index (Phi) is 7.67. The van der Waals surface area contributed by atoms with Gasteiger partial charge in [0.2, 0.25) is 17.7 Å². The lowest BCUT2D eigenvalue weighted by Crippen LogP contribution is -2.51. The van der Waals surface area contributed by atoms with Gasteiger partial charge in [-0.25, -0.2) is 0 Å². The van der Waals surface area contributed by atoms with Crippen molar-refractivity contribution in [2.75, 3.05) is 53.4 Å². The van der Waals surface area contributed by atoms with Crippen molar-refractivity contribution in [3.05, 3.63) is 71.3 Å². The number of likely N-dealkylation sites (N-methyl/N-ethyl adjacent to an activating group) is 1. The summed E-state index contributed by atoms with van der Waals surface area (Å²) in [5.41, 5.74) is 1.86. The third-order valence-electron chi connectivity index (χ3n) is 7.27. The average molecular weight is 477 g/mol. The highest BCUT2D eigenvalue weighted by Gasteiger charge is 2.54. The topological polar surface area (TPSA) is 64.2 Å². The molecule has 3 amide bonds. The summed E-state index contributed by atoms with van der Waals surface area (Å²) < 4.78 is 0. The molecule has 7 heteroatoms. The minimum absolute atomic E-state index is 0.0274. The number of hydrogen-bond donors (Lipinski definition) is 0. The summed E-state index contributed by atoms with van der Waals surface area (Å²) in [6.45, 7) is 6.58. The number of piperazine rings is 1. The fraction of sp³-hybridized carbons (Fsp3) is 0.464. The Balaban J connectivity index is 1.49. The second kappa shape index (κ2) is 10.7. The average Bonchev–Trinajstić information content (AvgIpc) is 3.08. The van der Waals surface area contributed by atoms with Crippen LogP contribution in [0, 0.1) is 6.92 Å². The van der Waals surface area contributed by atoms with Crippen LogP contribution in [-0.4, -0.2) is 90.7 Å². The molecular formula is C28H36N4O3. The Hall–Kier alpha value is -3.03. The van der Waals surface area contributed by atoms with Gasteiger partial charge in [0.15, 0.2) is 0 Å². The van der Waals surface area contributed by atoms with Crippen molar-refractivity contribution in [3.8, 4) is 0 Å². The molecule has 186 valence electrons. The Morgan fingerprint density at radius 2 is 1.60 bits per heavy atom. The summed E-state index contributed by atoms with van der Waals surface area (Å²) in [5, 5.41) is 0. The molecule has 0 aliphatic carbocycles. The molecule has 2 fully saturated rings. The molecule has 0 spiro atoms. The molecule has 2 aromatic rings. The van der Waals surface area contributed by atoms with Gasteiger partial charge in [-0.3, -0.25) is 24.2 Å². The zero-order valence-corrected chi connectivity index (χ0v) is 21.1. The Morgan fingerprint density at radius 3 is 2.26 bits per heavy atom. The van der Waals surface area contributed by atoms with E-state index in [1.807, 2.05) is 73.3 Å². The van der Waals surface area contributed by atoms with Crippen LogP contribution in [0.15, 0.2) is 54.6 Å². The smallest absolute Gasteiger partial charge is 0.240 e. The summed E-state index contributed by atoms with van der Waals surface area (Å²) in [7, 11) is 3.83. The van der Waals surface area contributed by atoms with Gasteiger partial charge in [-0.2, -0.15) is 0 Å². The molecule has 0 N–H and O–H groups in total. The zero-order chi connectivity index (χ0) is 25.0. The summed E-state index contributed by atoms with van der Waals surface area (Å²) in [4.78, 5) is 47.9. The van der Waals surface area contributed by atoms with E-state index in [9.17, 15) is 14.4 Å². The van der Waals surface area contributed by atoms with E-state index < -0.39 is 5.41 Å². The van der Waals surface area contributed by atoms with Crippen molar-refractivity contribution in [1.29, 1.82) is 0 Å². The molecule has 4 rings (SSSR count). The first-order valence-electron chi connectivity index (χ1n) is 12.4. The molecule has 2 saturated heterocycles. The minimum atomic E-state index is -1.13. The van der Waals surface area contributed by atoms with Crippen LogP contribution in [0.2, 0.25) is 0 Å². The molecule has 0 radical (unpaired) electrons. The Labute approximate surface area is 208 Å². The fourth-order valence-electron chi connectivity index (χ4n) is 5.25. The van der Waals surface area contributed by atoms with E-state index in [1.165, 1.54) is 10.5 Å². The standard InChI is InChI=1S/C28H36N4O3/c1-22-9-7-8-12-24(22)28(20-26(34)32(27(28)35)18-13-29(2)3)19-25(33)31-16-14-30(15-17-31)21-23-10-5-4-6-11-23/h4-12H,13-21H2,1-3H3/t28-/m1/s1. The molecule has 35 heavy (non-hydrogen) atoms. The second-order valence-corrected chi connectivity index (χ2v) is 10.0. The monoisotopic (exact) mass is 476 g/mol. The lowest BCUT2D eigenvalue weighted by atomic mass is 9.74. The highest BCUT2D eigenvalue weighted by molar-refractivity contribution is 6.11. The number of benzene rings is 2. The first-order valence-corrected chi connectivity index (χ1v) is 12.4. The van der Waals surface area contributed by atoms with Crippen molar-refractivity contribution >= 4 is 17.7 Å². The van der Waals surface area contributed by atoms with Crippen molar-refractivity contribution < 1.29 is 14.4 Å². The van der Waals surface area contributed by atoms with Gasteiger partial charge in [0.1, 0.15) is 0 Å². The van der Waals surface area contributed by atoms with Gasteiger partial charge < -0.3 is 9.80 Å². The molecule has 0 unspecified atom stereocenters. The predicted octanol–water partition coefficient (Wildman–Crippen LogP) is 2.29. The molecule has 0 aromatic heterocycles. The largest absolute Gasteiger partial charge is 0.340 e. The van der Waals surface area contributed by atoms with Gasteiger partial charge in [-0.15, -0.1) is 0 Å². The van der Waals surface area contributed by atoms with Crippen LogP contribution in [0.3, 0.4) is 0 Å². The Morgan fingerprint density at radius 1 is 0.943 bits per heavy atom. The van der Waals surface area contributed by atoms with Crippen LogP contribution in [0.4, 0.5) is 0 Å². The first kappa shape index (κ1) is 25.1. The fourth-order valence-corrected chi connectivity index (χ4v) is 5.25. The lowest BCUT2D eigenvalue weighted by Gasteiger charge is -2.37. The maximum absolute atomic E-state index is 13.8. The minimum Gasteiger partial charge on any atom is -0.340 e. The maximum atomic E-state index is 13.8. The number of amides is 3. The normalized spacial score (nSPS) is 21.3. The molecule has 2 heterocycles. The Bertz CT molecular complexity index is 1060. The third-order valence-corrected chi connectivity index (χ3v) is 7.27. The number of rotatable bonds is 8. The maximum Gasteiger partial charge on any atom is 0.240 e. The summed E-state index contributed by atoms with van der Waals surface area (Å²) in [6.07, 6.45) is 0.0728. The van der Waals surface area contributed by atoms with Gasteiger partial charge >= 0.3 is 0 Å². The molecule has 2 aromatic carbocycles. The highest BCUT2D eigenvalue weighted by atomic mass is 16.2. The van der Waals surface area contributed by atoms with Gasteiger partial charge in [0.25, 0.3) is 0 Å². The third kappa shape index (κ3) is 5.46.